The Hall–Kier alpha value is -2.13. The van der Waals surface area contributed by atoms with Gasteiger partial charge in [-0.2, -0.15) is 5.10 Å². The summed E-state index contributed by atoms with van der Waals surface area (Å²) >= 11 is 3.10. The van der Waals surface area contributed by atoms with Crippen molar-refractivity contribution in [3.8, 4) is 5.75 Å². The first-order chi connectivity index (χ1) is 10.6. The number of hydrogen-bond donors (Lipinski definition) is 2. The minimum Gasteiger partial charge on any atom is -0.497 e. The molecule has 0 fully saturated rings. The molecule has 1 aromatic heterocycles. The molecular weight excluding hydrogens is 356 g/mol. The van der Waals surface area contributed by atoms with E-state index in [-0.39, 0.29) is 29.3 Å². The van der Waals surface area contributed by atoms with E-state index in [0.29, 0.717) is 6.54 Å². The third kappa shape index (κ3) is 3.55. The van der Waals surface area contributed by atoms with Crippen LogP contribution in [0, 0.1) is 10.1 Å². The zero-order valence-corrected chi connectivity index (χ0v) is 13.4. The van der Waals surface area contributed by atoms with Crippen molar-refractivity contribution in [3.05, 3.63) is 44.5 Å². The molecule has 9 heteroatoms. The Labute approximate surface area is 135 Å². The van der Waals surface area contributed by atoms with E-state index in [4.69, 9.17) is 9.84 Å². The number of nitrogens with zero attached hydrogens (tertiary/aromatic N) is 3. The molecule has 0 unspecified atom stereocenters. The van der Waals surface area contributed by atoms with E-state index in [1.54, 1.807) is 7.11 Å². The average molecular weight is 371 g/mol. The van der Waals surface area contributed by atoms with Crippen LogP contribution in [0.15, 0.2) is 28.9 Å². The van der Waals surface area contributed by atoms with Crippen LogP contribution >= 0.6 is 15.9 Å². The van der Waals surface area contributed by atoms with Crippen LogP contribution in [0.3, 0.4) is 0 Å². The maximum absolute atomic E-state index is 11.2. The predicted octanol–water partition coefficient (Wildman–Crippen LogP) is 2.01. The highest BCUT2D eigenvalue weighted by Crippen LogP contribution is 2.33. The van der Waals surface area contributed by atoms with Gasteiger partial charge in [0.15, 0.2) is 0 Å². The van der Waals surface area contributed by atoms with Crippen LogP contribution in [-0.2, 0) is 6.54 Å². The number of hydrogen-bond acceptors (Lipinski definition) is 6. The van der Waals surface area contributed by atoms with Crippen LogP contribution in [0.5, 0.6) is 5.75 Å². The number of benzene rings is 1. The van der Waals surface area contributed by atoms with E-state index in [1.165, 1.54) is 4.68 Å². The molecule has 0 spiro atoms. The van der Waals surface area contributed by atoms with Gasteiger partial charge in [-0.1, -0.05) is 12.1 Å². The van der Waals surface area contributed by atoms with Crippen molar-refractivity contribution in [1.82, 2.24) is 9.78 Å². The Morgan fingerprint density at radius 3 is 2.68 bits per heavy atom. The van der Waals surface area contributed by atoms with E-state index in [1.807, 2.05) is 24.3 Å². The molecule has 0 aliphatic heterocycles. The summed E-state index contributed by atoms with van der Waals surface area (Å²) in [5.41, 5.74) is 0.764. The number of ether oxygens (including phenoxy) is 1. The van der Waals surface area contributed by atoms with Gasteiger partial charge in [0.1, 0.15) is 5.75 Å². The Balaban J connectivity index is 2.32. The Kier molecular flexibility index (Phi) is 5.34. The summed E-state index contributed by atoms with van der Waals surface area (Å²) in [6.07, 6.45) is 0. The van der Waals surface area contributed by atoms with Crippen LogP contribution in [0.1, 0.15) is 5.56 Å². The van der Waals surface area contributed by atoms with E-state index >= 15 is 0 Å². The number of methoxy groups -OCH3 is 1. The smallest absolute Gasteiger partial charge is 0.345 e. The second-order valence-corrected chi connectivity index (χ2v) is 5.15. The molecule has 1 heterocycles. The standard InChI is InChI=1S/C13H15BrN4O4/c1-22-10-4-2-9(3-5-10)8-17-13(15-6-7-19)11(18(20)21)12(14)16-17/h2-5,15,19H,6-8H2,1H3. The van der Waals surface area contributed by atoms with Gasteiger partial charge in [-0.15, -0.1) is 0 Å². The second kappa shape index (κ2) is 7.23. The van der Waals surface area contributed by atoms with Gasteiger partial charge in [0.05, 0.1) is 25.2 Å². The number of aliphatic hydroxyl groups is 1. The quantitative estimate of drug-likeness (QED) is 0.570. The Morgan fingerprint density at radius 2 is 2.14 bits per heavy atom. The molecule has 22 heavy (non-hydrogen) atoms. The summed E-state index contributed by atoms with van der Waals surface area (Å²) in [5, 5.41) is 27.0. The molecule has 0 amide bonds. The van der Waals surface area contributed by atoms with E-state index in [2.05, 4.69) is 26.3 Å². The lowest BCUT2D eigenvalue weighted by Gasteiger charge is -2.09. The number of rotatable bonds is 7. The molecule has 1 aromatic carbocycles. The van der Waals surface area contributed by atoms with E-state index in [0.717, 1.165) is 11.3 Å². The minimum absolute atomic E-state index is 0.136. The van der Waals surface area contributed by atoms with Crippen LogP contribution in [0.4, 0.5) is 11.5 Å². The van der Waals surface area contributed by atoms with Gasteiger partial charge >= 0.3 is 5.69 Å². The number of nitro groups is 1. The molecule has 2 aromatic rings. The van der Waals surface area contributed by atoms with Crippen LogP contribution in [-0.4, -0.2) is 40.1 Å². The minimum atomic E-state index is -0.513. The topological polar surface area (TPSA) is 102 Å². The summed E-state index contributed by atoms with van der Waals surface area (Å²) in [7, 11) is 1.58. The van der Waals surface area contributed by atoms with Crippen molar-refractivity contribution in [1.29, 1.82) is 0 Å². The van der Waals surface area contributed by atoms with Crippen LogP contribution in [0.25, 0.3) is 0 Å². The summed E-state index contributed by atoms with van der Waals surface area (Å²) in [4.78, 5) is 10.6. The number of aromatic nitrogens is 2. The van der Waals surface area contributed by atoms with Gasteiger partial charge in [-0.3, -0.25) is 10.1 Å². The summed E-state index contributed by atoms with van der Waals surface area (Å²) in [6, 6.07) is 7.33. The van der Waals surface area contributed by atoms with Crippen molar-refractivity contribution in [2.45, 2.75) is 6.54 Å². The summed E-state index contributed by atoms with van der Waals surface area (Å²) in [5.74, 6) is 0.983. The molecule has 0 saturated carbocycles. The first kappa shape index (κ1) is 16.2. The molecule has 0 bridgehead atoms. The predicted molar refractivity (Wildman–Crippen MR) is 84.3 cm³/mol. The van der Waals surface area contributed by atoms with Crippen LogP contribution in [0.2, 0.25) is 0 Å². The molecule has 8 nitrogen and oxygen atoms in total. The molecule has 0 saturated heterocycles. The normalized spacial score (nSPS) is 10.5. The van der Waals surface area contributed by atoms with E-state index in [9.17, 15) is 10.1 Å². The van der Waals surface area contributed by atoms with Crippen molar-refractivity contribution in [2.75, 3.05) is 25.6 Å². The molecule has 0 radical (unpaired) electrons. The van der Waals surface area contributed by atoms with Crippen molar-refractivity contribution in [2.24, 2.45) is 0 Å². The van der Waals surface area contributed by atoms with Crippen molar-refractivity contribution in [3.63, 3.8) is 0 Å². The zero-order chi connectivity index (χ0) is 16.1. The highest BCUT2D eigenvalue weighted by Gasteiger charge is 2.26. The number of aliphatic hydroxyl groups excluding tert-OH is 1. The molecule has 0 aliphatic carbocycles. The fourth-order valence-electron chi connectivity index (χ4n) is 1.95. The van der Waals surface area contributed by atoms with Gasteiger partial charge in [-0.25, -0.2) is 4.68 Å². The Morgan fingerprint density at radius 1 is 1.45 bits per heavy atom. The number of anilines is 1. The summed E-state index contributed by atoms with van der Waals surface area (Å²) < 4.78 is 6.72. The molecule has 2 N–H and O–H groups in total. The lowest BCUT2D eigenvalue weighted by atomic mass is 10.2. The first-order valence-electron chi connectivity index (χ1n) is 6.45. The van der Waals surface area contributed by atoms with Crippen molar-refractivity contribution < 1.29 is 14.8 Å². The highest BCUT2D eigenvalue weighted by molar-refractivity contribution is 9.10. The van der Waals surface area contributed by atoms with Gasteiger partial charge in [-0.05, 0) is 33.6 Å². The maximum atomic E-state index is 11.2. The number of halogens is 1. The fraction of sp³-hybridized carbons (Fsp3) is 0.308. The van der Waals surface area contributed by atoms with Crippen molar-refractivity contribution >= 4 is 27.4 Å². The largest absolute Gasteiger partial charge is 0.497 e. The molecule has 0 aliphatic rings. The van der Waals surface area contributed by atoms with Gasteiger partial charge in [0, 0.05) is 6.54 Å². The molecule has 2 rings (SSSR count). The summed E-state index contributed by atoms with van der Waals surface area (Å²) in [6.45, 7) is 0.411. The first-order valence-corrected chi connectivity index (χ1v) is 7.24. The maximum Gasteiger partial charge on any atom is 0.345 e. The van der Waals surface area contributed by atoms with Gasteiger partial charge < -0.3 is 15.2 Å². The lowest BCUT2D eigenvalue weighted by Crippen LogP contribution is -2.13. The Bertz CT molecular complexity index is 657. The average Bonchev–Trinajstić information content (AvgIpc) is 2.81. The van der Waals surface area contributed by atoms with Gasteiger partial charge in [0.25, 0.3) is 0 Å². The molecule has 0 atom stereocenters. The molecule has 118 valence electrons. The number of nitrogens with one attached hydrogen (secondary N) is 1. The van der Waals surface area contributed by atoms with E-state index < -0.39 is 4.92 Å². The van der Waals surface area contributed by atoms with Crippen LogP contribution < -0.4 is 10.1 Å². The second-order valence-electron chi connectivity index (χ2n) is 4.40. The zero-order valence-electron chi connectivity index (χ0n) is 11.8. The fourth-order valence-corrected chi connectivity index (χ4v) is 2.48. The molecular formula is C13H15BrN4O4. The monoisotopic (exact) mass is 370 g/mol. The lowest BCUT2D eigenvalue weighted by molar-refractivity contribution is -0.384. The highest BCUT2D eigenvalue weighted by atomic mass is 79.9. The third-order valence-electron chi connectivity index (χ3n) is 2.96. The third-order valence-corrected chi connectivity index (χ3v) is 3.50. The van der Waals surface area contributed by atoms with Gasteiger partial charge in [0.2, 0.25) is 10.4 Å². The SMILES string of the molecule is COc1ccc(Cn2nc(Br)c([N+](=O)[O-])c2NCCO)cc1.